The van der Waals surface area contributed by atoms with Crippen LogP contribution in [-0.2, 0) is 20.9 Å². The molecule has 1 fully saturated rings. The highest BCUT2D eigenvalue weighted by atomic mass is 32.2. The summed E-state index contributed by atoms with van der Waals surface area (Å²) in [6.45, 7) is 5.11. The lowest BCUT2D eigenvalue weighted by Crippen LogP contribution is -2.38. The predicted molar refractivity (Wildman–Crippen MR) is 148 cm³/mol. The molecule has 1 aromatic carbocycles. The maximum Gasteiger partial charge on any atom is 0.434 e. The van der Waals surface area contributed by atoms with E-state index >= 15 is 0 Å². The second-order valence-corrected chi connectivity index (χ2v) is 12.6. The Balaban J connectivity index is 1.67. The number of carbonyl (C=O) groups excluding carboxylic acids is 1. The summed E-state index contributed by atoms with van der Waals surface area (Å²) in [5, 5.41) is 5.96. The smallest absolute Gasteiger partial charge is 0.434 e. The number of benzene rings is 1. The van der Waals surface area contributed by atoms with Gasteiger partial charge in [-0.2, -0.15) is 13.2 Å². The third-order valence-electron chi connectivity index (χ3n) is 6.33. The molecule has 0 spiro atoms. The van der Waals surface area contributed by atoms with E-state index in [0.717, 1.165) is 11.3 Å². The third-order valence-corrected chi connectivity index (χ3v) is 9.16. The molecule has 1 saturated carbocycles. The lowest BCUT2D eigenvalue weighted by molar-refractivity contribution is -0.140. The van der Waals surface area contributed by atoms with Gasteiger partial charge in [0.25, 0.3) is 0 Å². The minimum atomic E-state index is -4.81. The summed E-state index contributed by atoms with van der Waals surface area (Å²) in [6, 6.07) is 5.53. The van der Waals surface area contributed by atoms with Crippen molar-refractivity contribution in [1.82, 2.24) is 25.0 Å². The summed E-state index contributed by atoms with van der Waals surface area (Å²) in [7, 11) is -4.18. The summed E-state index contributed by atoms with van der Waals surface area (Å²) in [5.41, 5.74) is -0.941. The fourth-order valence-corrected chi connectivity index (χ4v) is 7.19. The molecule has 10 nitrogen and oxygen atoms in total. The molecule has 4 rings (SSSR count). The quantitative estimate of drug-likeness (QED) is 0.275. The van der Waals surface area contributed by atoms with Crippen LogP contribution in [0, 0.1) is 0 Å². The average Bonchev–Trinajstić information content (AvgIpc) is 3.35. The number of amides is 1. The molecule has 3 aromatic rings. The number of alkyl halides is 3. The summed E-state index contributed by atoms with van der Waals surface area (Å²) < 4.78 is 76.6. The number of hydrogen-bond acceptors (Lipinski definition) is 9. The van der Waals surface area contributed by atoms with Crippen LogP contribution in [0.3, 0.4) is 0 Å². The largest absolute Gasteiger partial charge is 0.447 e. The number of nitrogens with zero attached hydrogens (tertiary/aromatic N) is 3. The van der Waals surface area contributed by atoms with Crippen molar-refractivity contribution < 1.29 is 31.1 Å². The van der Waals surface area contributed by atoms with Crippen molar-refractivity contribution in [1.29, 1.82) is 0 Å². The summed E-state index contributed by atoms with van der Waals surface area (Å²) >= 11 is 0.847. The fraction of sp³-hybridized carbons (Fsp3) is 0.462. The van der Waals surface area contributed by atoms with Gasteiger partial charge in [-0.1, -0.05) is 13.0 Å². The van der Waals surface area contributed by atoms with Crippen molar-refractivity contribution in [3.05, 3.63) is 47.4 Å². The average molecular weight is 613 g/mol. The molecule has 222 valence electrons. The van der Waals surface area contributed by atoms with E-state index in [-0.39, 0.29) is 56.6 Å². The second-order valence-electron chi connectivity index (χ2n) is 9.78. The SMILES string of the molecule is CCNS(=O)(=O)c1cc(Nc2ncccn2)ccc1-c1sc([C@H]2CC[C@H](NC(=O)OC(C)C)CC2)nc1C(F)(F)F. The zero-order chi connectivity index (χ0) is 29.8. The maximum absolute atomic E-state index is 14.3. The molecular formula is C26H31F3N6O4S2. The van der Waals surface area contributed by atoms with E-state index in [1.807, 2.05) is 0 Å². The van der Waals surface area contributed by atoms with Crippen molar-refractivity contribution in [3.63, 3.8) is 0 Å². The molecule has 41 heavy (non-hydrogen) atoms. The van der Waals surface area contributed by atoms with Gasteiger partial charge in [-0.25, -0.2) is 32.9 Å². The Kier molecular flexibility index (Phi) is 9.49. The Labute approximate surface area is 240 Å². The van der Waals surface area contributed by atoms with Crippen LogP contribution < -0.4 is 15.4 Å². The normalized spacial score (nSPS) is 17.8. The van der Waals surface area contributed by atoms with Crippen LogP contribution >= 0.6 is 11.3 Å². The summed E-state index contributed by atoms with van der Waals surface area (Å²) in [6.07, 6.45) is -0.475. The van der Waals surface area contributed by atoms with E-state index in [9.17, 15) is 26.4 Å². The molecule has 0 unspecified atom stereocenters. The lowest BCUT2D eigenvalue weighted by atomic mass is 9.86. The second kappa shape index (κ2) is 12.7. The fourth-order valence-electron chi connectivity index (χ4n) is 4.56. The van der Waals surface area contributed by atoms with E-state index in [4.69, 9.17) is 4.74 Å². The molecule has 0 aliphatic heterocycles. The number of aromatic nitrogens is 3. The van der Waals surface area contributed by atoms with Gasteiger partial charge in [0, 0.05) is 42.1 Å². The highest BCUT2D eigenvalue weighted by molar-refractivity contribution is 7.89. The molecule has 0 bridgehead atoms. The maximum atomic E-state index is 14.3. The van der Waals surface area contributed by atoms with Gasteiger partial charge in [0.15, 0.2) is 5.69 Å². The number of thiazole rings is 1. The van der Waals surface area contributed by atoms with Crippen LogP contribution in [0.2, 0.25) is 0 Å². The molecule has 15 heteroatoms. The number of alkyl carbamates (subject to hydrolysis) is 1. The van der Waals surface area contributed by atoms with E-state index in [0.29, 0.717) is 25.7 Å². The van der Waals surface area contributed by atoms with Gasteiger partial charge in [-0.15, -0.1) is 11.3 Å². The van der Waals surface area contributed by atoms with Crippen molar-refractivity contribution in [3.8, 4) is 10.4 Å². The van der Waals surface area contributed by atoms with Crippen molar-refractivity contribution >= 4 is 39.1 Å². The van der Waals surface area contributed by atoms with Gasteiger partial charge in [0.1, 0.15) is 0 Å². The molecule has 1 aliphatic rings. The first kappa shape index (κ1) is 30.7. The highest BCUT2D eigenvalue weighted by Crippen LogP contribution is 2.46. The van der Waals surface area contributed by atoms with Gasteiger partial charge in [-0.05, 0) is 57.7 Å². The Morgan fingerprint density at radius 3 is 2.44 bits per heavy atom. The van der Waals surface area contributed by atoms with E-state index in [1.165, 1.54) is 30.6 Å². The number of carbonyl (C=O) groups is 1. The van der Waals surface area contributed by atoms with Gasteiger partial charge in [0.05, 0.1) is 20.9 Å². The number of rotatable bonds is 9. The number of halogens is 3. The number of anilines is 2. The van der Waals surface area contributed by atoms with Crippen molar-refractivity contribution in [2.45, 2.75) is 75.6 Å². The summed E-state index contributed by atoms with van der Waals surface area (Å²) in [5.74, 6) is -0.0651. The molecule has 2 aromatic heterocycles. The van der Waals surface area contributed by atoms with Crippen LogP contribution in [0.25, 0.3) is 10.4 Å². The Morgan fingerprint density at radius 1 is 1.15 bits per heavy atom. The zero-order valence-corrected chi connectivity index (χ0v) is 24.3. The van der Waals surface area contributed by atoms with Crippen LogP contribution in [0.15, 0.2) is 41.6 Å². The molecule has 1 amide bonds. The van der Waals surface area contributed by atoms with Crippen LogP contribution in [-0.4, -0.2) is 48.2 Å². The molecule has 2 heterocycles. The van der Waals surface area contributed by atoms with Gasteiger partial charge in [0.2, 0.25) is 16.0 Å². The predicted octanol–water partition coefficient (Wildman–Crippen LogP) is 5.82. The number of sulfonamides is 1. The third kappa shape index (κ3) is 7.71. The number of ether oxygens (including phenoxy) is 1. The first-order chi connectivity index (χ1) is 19.4. The van der Waals surface area contributed by atoms with Gasteiger partial charge in [-0.3, -0.25) is 0 Å². The van der Waals surface area contributed by atoms with E-state index in [2.05, 4.69) is 30.3 Å². The Hall–Kier alpha value is -3.30. The van der Waals surface area contributed by atoms with Gasteiger partial charge < -0.3 is 15.4 Å². The molecule has 3 N–H and O–H groups in total. The Morgan fingerprint density at radius 2 is 1.83 bits per heavy atom. The standard InChI is InChI=1S/C26H31F3N6O4S2/c1-4-32-41(37,38)20-14-18(33-24-30-12-5-13-31-24)10-11-19(20)21-22(26(27,28)29)35-23(40-21)16-6-8-17(9-7-16)34-25(36)39-15(2)3/h5,10-17,32H,4,6-9H2,1-3H3,(H,34,36)(H,30,31,33)/t16-,17-. The van der Waals surface area contributed by atoms with Crippen LogP contribution in [0.4, 0.5) is 29.6 Å². The lowest BCUT2D eigenvalue weighted by Gasteiger charge is -2.28. The molecule has 0 atom stereocenters. The van der Waals surface area contributed by atoms with Crippen LogP contribution in [0.1, 0.15) is 63.1 Å². The van der Waals surface area contributed by atoms with Crippen molar-refractivity contribution in [2.24, 2.45) is 0 Å². The molecule has 1 aliphatic carbocycles. The highest BCUT2D eigenvalue weighted by Gasteiger charge is 2.40. The number of nitrogens with one attached hydrogen (secondary N) is 3. The first-order valence-corrected chi connectivity index (χ1v) is 15.4. The molecule has 0 radical (unpaired) electrons. The monoisotopic (exact) mass is 612 g/mol. The Bertz CT molecular complexity index is 1460. The first-order valence-electron chi connectivity index (χ1n) is 13.1. The minimum absolute atomic E-state index is 0.0449. The topological polar surface area (TPSA) is 135 Å². The minimum Gasteiger partial charge on any atom is -0.447 e. The number of hydrogen-bond donors (Lipinski definition) is 3. The molecule has 0 saturated heterocycles. The van der Waals surface area contributed by atoms with E-state index < -0.39 is 28.0 Å². The summed E-state index contributed by atoms with van der Waals surface area (Å²) in [4.78, 5) is 23.4. The molecular weight excluding hydrogens is 581 g/mol. The van der Waals surface area contributed by atoms with E-state index in [1.54, 1.807) is 26.8 Å². The zero-order valence-electron chi connectivity index (χ0n) is 22.7. The van der Waals surface area contributed by atoms with Gasteiger partial charge >= 0.3 is 12.3 Å². The van der Waals surface area contributed by atoms with Crippen LogP contribution in [0.5, 0.6) is 0 Å². The van der Waals surface area contributed by atoms with Crippen molar-refractivity contribution in [2.75, 3.05) is 11.9 Å².